The average Bonchev–Trinajstić information content (AvgIpc) is 2.45. The number of carboxylic acid groups (broad SMARTS) is 1. The molecule has 0 spiro atoms. The van der Waals surface area contributed by atoms with Crippen molar-refractivity contribution < 1.29 is 35.1 Å². The molecule has 0 saturated carbocycles. The van der Waals surface area contributed by atoms with E-state index in [1.165, 1.54) is 6.07 Å². The number of hydrogen-bond donors (Lipinski definition) is 5. The highest BCUT2D eigenvalue weighted by Gasteiger charge is 2.32. The highest BCUT2D eigenvalue weighted by Crippen LogP contribution is 2.42. The van der Waals surface area contributed by atoms with Gasteiger partial charge in [0.1, 0.15) is 17.1 Å². The number of phenols is 2. The molecule has 0 unspecified atom stereocenters. The molecule has 0 saturated heterocycles. The molecule has 7 nitrogen and oxygen atoms in total. The number of aromatic hydroxyl groups is 2. The summed E-state index contributed by atoms with van der Waals surface area (Å²) in [6.45, 7) is 1.75. The molecule has 0 bridgehead atoms. The maximum Gasteiger partial charge on any atom is 0.343 e. The Balaban J connectivity index is 2.04. The fourth-order valence-corrected chi connectivity index (χ4v) is 3.08. The van der Waals surface area contributed by atoms with E-state index in [9.17, 15) is 25.2 Å². The Hall–Kier alpha value is -1.83. The summed E-state index contributed by atoms with van der Waals surface area (Å²) in [7, 11) is 0. The second-order valence-electron chi connectivity index (χ2n) is 6.30. The Morgan fingerprint density at radius 1 is 1.33 bits per heavy atom. The van der Waals surface area contributed by atoms with Gasteiger partial charge >= 0.3 is 5.97 Å². The molecule has 1 aromatic rings. The van der Waals surface area contributed by atoms with Crippen molar-refractivity contribution in [3.8, 4) is 11.5 Å². The molecule has 0 radical (unpaired) electrons. The fourth-order valence-electron chi connectivity index (χ4n) is 3.08. The van der Waals surface area contributed by atoms with Crippen molar-refractivity contribution in [2.45, 2.75) is 63.9 Å². The first kappa shape index (κ1) is 18.5. The Morgan fingerprint density at radius 2 is 2.04 bits per heavy atom. The van der Waals surface area contributed by atoms with Crippen LogP contribution >= 0.6 is 0 Å². The summed E-state index contributed by atoms with van der Waals surface area (Å²) in [5.41, 5.74) is -0.133. The van der Waals surface area contributed by atoms with Crippen LogP contribution in [-0.2, 0) is 11.2 Å². The number of carbonyl (C=O) groups is 1. The molecule has 7 heteroatoms. The topological polar surface area (TPSA) is 127 Å². The van der Waals surface area contributed by atoms with E-state index >= 15 is 0 Å². The van der Waals surface area contributed by atoms with Crippen molar-refractivity contribution in [1.82, 2.24) is 0 Å². The van der Waals surface area contributed by atoms with Crippen LogP contribution in [0.4, 0.5) is 0 Å². The number of benzene rings is 1. The van der Waals surface area contributed by atoms with Crippen LogP contribution < -0.4 is 0 Å². The molecule has 5 N–H and O–H groups in total. The SMILES string of the molecule is C[C@@H](O)CCCCC[C@H]1Cc2cc(O)c(C(=O)O)c(O)c2[C@@H](O)O1. The van der Waals surface area contributed by atoms with Gasteiger partial charge in [-0.2, -0.15) is 0 Å². The van der Waals surface area contributed by atoms with E-state index < -0.39 is 29.3 Å². The maximum absolute atomic E-state index is 11.1. The first-order valence-corrected chi connectivity index (χ1v) is 8.13. The number of ether oxygens (including phenoxy) is 1. The molecule has 3 atom stereocenters. The smallest absolute Gasteiger partial charge is 0.343 e. The van der Waals surface area contributed by atoms with Crippen molar-refractivity contribution >= 4 is 5.97 Å². The number of carboxylic acids is 1. The predicted octanol–water partition coefficient (Wildman–Crippen LogP) is 2.06. The number of unbranched alkanes of at least 4 members (excludes halogenated alkanes) is 2. The lowest BCUT2D eigenvalue weighted by molar-refractivity contribution is -0.152. The molecule has 0 aliphatic carbocycles. The summed E-state index contributed by atoms with van der Waals surface area (Å²) in [4.78, 5) is 11.1. The monoisotopic (exact) mass is 340 g/mol. The summed E-state index contributed by atoms with van der Waals surface area (Å²) in [6.07, 6.45) is 2.53. The molecule has 0 amide bonds. The van der Waals surface area contributed by atoms with Crippen LogP contribution in [0.3, 0.4) is 0 Å². The minimum Gasteiger partial charge on any atom is -0.507 e. The Labute approximate surface area is 140 Å². The Bertz CT molecular complexity index is 597. The van der Waals surface area contributed by atoms with Crippen LogP contribution in [0.2, 0.25) is 0 Å². The molecular weight excluding hydrogens is 316 g/mol. The molecule has 0 fully saturated rings. The summed E-state index contributed by atoms with van der Waals surface area (Å²) in [6, 6.07) is 1.27. The lowest BCUT2D eigenvalue weighted by Gasteiger charge is -2.30. The molecule has 1 aliphatic heterocycles. The van der Waals surface area contributed by atoms with Crippen molar-refractivity contribution in [3.63, 3.8) is 0 Å². The highest BCUT2D eigenvalue weighted by atomic mass is 16.6. The molecule has 1 aromatic carbocycles. The molecule has 0 aromatic heterocycles. The number of aliphatic hydroxyl groups is 2. The van der Waals surface area contributed by atoms with Gasteiger partial charge in [-0.05, 0) is 37.8 Å². The number of aromatic carboxylic acids is 1. The minimum atomic E-state index is -1.47. The van der Waals surface area contributed by atoms with Crippen molar-refractivity contribution in [3.05, 3.63) is 22.8 Å². The zero-order valence-corrected chi connectivity index (χ0v) is 13.6. The predicted molar refractivity (Wildman–Crippen MR) is 85.0 cm³/mol. The van der Waals surface area contributed by atoms with Gasteiger partial charge in [-0.1, -0.05) is 19.3 Å². The normalized spacial score (nSPS) is 21.3. The summed E-state index contributed by atoms with van der Waals surface area (Å²) < 4.78 is 5.47. The standard InChI is InChI=1S/C17H24O7/c1-9(18)5-3-2-4-6-11-7-10-8-12(19)14(16(21)22)15(20)13(10)17(23)24-11/h8-9,11,17-20,23H,2-7H2,1H3,(H,21,22)/t9-,11+,17+/m1/s1. The highest BCUT2D eigenvalue weighted by molar-refractivity contribution is 5.94. The number of rotatable bonds is 7. The number of fused-ring (bicyclic) bond motifs is 1. The van der Waals surface area contributed by atoms with E-state index in [0.29, 0.717) is 18.4 Å². The van der Waals surface area contributed by atoms with E-state index in [0.717, 1.165) is 25.7 Å². The van der Waals surface area contributed by atoms with Crippen LogP contribution in [0.25, 0.3) is 0 Å². The van der Waals surface area contributed by atoms with Gasteiger partial charge in [0, 0.05) is 0 Å². The van der Waals surface area contributed by atoms with E-state index in [4.69, 9.17) is 9.84 Å². The van der Waals surface area contributed by atoms with Crippen LogP contribution in [-0.4, -0.2) is 43.7 Å². The van der Waals surface area contributed by atoms with Crippen LogP contribution in [0.15, 0.2) is 6.07 Å². The third-order valence-electron chi connectivity index (χ3n) is 4.28. The largest absolute Gasteiger partial charge is 0.507 e. The fraction of sp³-hybridized carbons (Fsp3) is 0.588. The van der Waals surface area contributed by atoms with E-state index in [-0.39, 0.29) is 17.8 Å². The van der Waals surface area contributed by atoms with E-state index in [1.807, 2.05) is 0 Å². The maximum atomic E-state index is 11.1. The van der Waals surface area contributed by atoms with Crippen molar-refractivity contribution in [2.75, 3.05) is 0 Å². The third kappa shape index (κ3) is 4.17. The summed E-state index contributed by atoms with van der Waals surface area (Å²) in [5.74, 6) is -2.65. The van der Waals surface area contributed by atoms with E-state index in [2.05, 4.69) is 0 Å². The summed E-state index contributed by atoms with van der Waals surface area (Å²) >= 11 is 0. The van der Waals surface area contributed by atoms with Gasteiger partial charge in [0.2, 0.25) is 0 Å². The number of aliphatic hydroxyl groups excluding tert-OH is 2. The average molecular weight is 340 g/mol. The zero-order valence-electron chi connectivity index (χ0n) is 13.6. The van der Waals surface area contributed by atoms with Gasteiger partial charge in [-0.15, -0.1) is 0 Å². The van der Waals surface area contributed by atoms with Gasteiger partial charge in [0.25, 0.3) is 0 Å². The van der Waals surface area contributed by atoms with Crippen molar-refractivity contribution in [1.29, 1.82) is 0 Å². The molecule has 1 heterocycles. The lowest BCUT2D eigenvalue weighted by Crippen LogP contribution is -2.26. The number of hydrogen-bond acceptors (Lipinski definition) is 6. The van der Waals surface area contributed by atoms with Crippen LogP contribution in [0.1, 0.15) is 66.8 Å². The quantitative estimate of drug-likeness (QED) is 0.481. The van der Waals surface area contributed by atoms with Crippen molar-refractivity contribution in [2.24, 2.45) is 0 Å². The molecule has 134 valence electrons. The minimum absolute atomic E-state index is 0.00977. The third-order valence-corrected chi connectivity index (χ3v) is 4.28. The first-order valence-electron chi connectivity index (χ1n) is 8.13. The summed E-state index contributed by atoms with van der Waals surface area (Å²) in [5, 5.41) is 48.2. The van der Waals surface area contributed by atoms with E-state index in [1.54, 1.807) is 6.92 Å². The van der Waals surface area contributed by atoms with Gasteiger partial charge < -0.3 is 30.3 Å². The van der Waals surface area contributed by atoms with Gasteiger partial charge in [-0.3, -0.25) is 0 Å². The lowest BCUT2D eigenvalue weighted by atomic mass is 9.92. The molecule has 24 heavy (non-hydrogen) atoms. The Kier molecular flexibility index (Phi) is 6.04. The van der Waals surface area contributed by atoms with Gasteiger partial charge in [0.15, 0.2) is 6.29 Å². The van der Waals surface area contributed by atoms with Gasteiger partial charge in [-0.25, -0.2) is 4.79 Å². The second-order valence-corrected chi connectivity index (χ2v) is 6.30. The Morgan fingerprint density at radius 3 is 2.67 bits per heavy atom. The van der Waals surface area contributed by atoms with Crippen LogP contribution in [0.5, 0.6) is 11.5 Å². The van der Waals surface area contributed by atoms with Crippen LogP contribution in [0, 0.1) is 0 Å². The molecule has 2 rings (SSSR count). The first-order chi connectivity index (χ1) is 11.3. The molecular formula is C17H24O7. The second kappa shape index (κ2) is 7.83. The zero-order chi connectivity index (χ0) is 17.9. The molecule has 1 aliphatic rings. The van der Waals surface area contributed by atoms with Gasteiger partial charge in [0.05, 0.1) is 17.8 Å².